The van der Waals surface area contributed by atoms with E-state index in [0.29, 0.717) is 5.69 Å². The highest BCUT2D eigenvalue weighted by Gasteiger charge is 2.17. The number of halogens is 1. The fraction of sp³-hybridized carbons (Fsp3) is 0.0833. The van der Waals surface area contributed by atoms with Crippen LogP contribution in [0.4, 0.5) is 11.6 Å². The van der Waals surface area contributed by atoms with Gasteiger partial charge in [-0.3, -0.25) is 14.9 Å². The Balaban J connectivity index is 2.15. The molecule has 1 N–H and O–H groups in total. The minimum Gasteiger partial charge on any atom is -0.395 e. The number of rotatable bonds is 3. The van der Waals surface area contributed by atoms with Crippen LogP contribution in [0.3, 0.4) is 0 Å². The molecule has 1 heterocycles. The third-order valence-electron chi connectivity index (χ3n) is 2.43. The first kappa shape index (κ1) is 13.3. The summed E-state index contributed by atoms with van der Waals surface area (Å²) in [7, 11) is 0. The van der Waals surface area contributed by atoms with Crippen molar-refractivity contribution in [3.05, 3.63) is 56.2 Å². The van der Waals surface area contributed by atoms with Crippen LogP contribution in [0.15, 0.2) is 39.2 Å². The molecule has 98 valence electrons. The molecule has 2 aromatic rings. The Labute approximate surface area is 116 Å². The van der Waals surface area contributed by atoms with Gasteiger partial charge >= 0.3 is 5.88 Å². The average Bonchev–Trinajstić information content (AvgIpc) is 2.83. The number of nitrogens with one attached hydrogen (secondary N) is 1. The quantitative estimate of drug-likeness (QED) is 0.691. The Hall–Kier alpha value is -2.15. The summed E-state index contributed by atoms with van der Waals surface area (Å²) in [5.41, 5.74) is 1.60. The van der Waals surface area contributed by atoms with Crippen LogP contribution >= 0.6 is 15.9 Å². The summed E-state index contributed by atoms with van der Waals surface area (Å²) in [5, 5.41) is 13.0. The van der Waals surface area contributed by atoms with Gasteiger partial charge in [-0.25, -0.2) is 0 Å². The number of nitrogens with zero attached hydrogens (tertiary/aromatic N) is 1. The number of aryl methyl sites for hydroxylation is 1. The molecule has 2 rings (SSSR count). The van der Waals surface area contributed by atoms with E-state index < -0.39 is 16.7 Å². The maximum Gasteiger partial charge on any atom is 0.433 e. The zero-order valence-corrected chi connectivity index (χ0v) is 11.4. The van der Waals surface area contributed by atoms with E-state index in [4.69, 9.17) is 4.42 Å². The van der Waals surface area contributed by atoms with E-state index in [0.717, 1.165) is 16.1 Å². The molecular weight excluding hydrogens is 316 g/mol. The number of benzene rings is 1. The minimum atomic E-state index is -0.695. The number of carbonyl (C=O) groups is 1. The number of hydrogen-bond acceptors (Lipinski definition) is 4. The van der Waals surface area contributed by atoms with Crippen molar-refractivity contribution < 1.29 is 14.1 Å². The molecule has 0 aliphatic carbocycles. The molecule has 0 spiro atoms. The molecule has 1 aromatic carbocycles. The van der Waals surface area contributed by atoms with Gasteiger partial charge in [0.1, 0.15) is 4.92 Å². The van der Waals surface area contributed by atoms with Crippen molar-refractivity contribution in [1.29, 1.82) is 0 Å². The maximum absolute atomic E-state index is 11.8. The van der Waals surface area contributed by atoms with Gasteiger partial charge in [0, 0.05) is 10.2 Å². The third-order valence-corrected chi connectivity index (χ3v) is 3.28. The second-order valence-electron chi connectivity index (χ2n) is 3.81. The van der Waals surface area contributed by atoms with Crippen LogP contribution in [0.5, 0.6) is 0 Å². The zero-order valence-electron chi connectivity index (χ0n) is 9.84. The molecule has 0 aliphatic heterocycles. The van der Waals surface area contributed by atoms with Crippen LogP contribution in [0.2, 0.25) is 0 Å². The molecule has 0 bridgehead atoms. The van der Waals surface area contributed by atoms with E-state index in [1.54, 1.807) is 12.1 Å². The Morgan fingerprint density at radius 2 is 2.11 bits per heavy atom. The first-order valence-corrected chi connectivity index (χ1v) is 6.08. The average molecular weight is 325 g/mol. The van der Waals surface area contributed by atoms with Gasteiger partial charge in [-0.1, -0.05) is 22.0 Å². The van der Waals surface area contributed by atoms with Crippen molar-refractivity contribution in [2.45, 2.75) is 6.92 Å². The molecule has 0 atom stereocenters. The van der Waals surface area contributed by atoms with Gasteiger partial charge in [-0.2, -0.15) is 0 Å². The van der Waals surface area contributed by atoms with E-state index in [9.17, 15) is 14.9 Å². The third kappa shape index (κ3) is 3.00. The molecule has 19 heavy (non-hydrogen) atoms. The molecule has 1 aromatic heterocycles. The Kier molecular flexibility index (Phi) is 3.66. The van der Waals surface area contributed by atoms with E-state index >= 15 is 0 Å². The summed E-state index contributed by atoms with van der Waals surface area (Å²) in [4.78, 5) is 21.6. The van der Waals surface area contributed by atoms with Crippen LogP contribution in [-0.4, -0.2) is 10.8 Å². The lowest BCUT2D eigenvalue weighted by Gasteiger charge is -2.05. The van der Waals surface area contributed by atoms with Crippen molar-refractivity contribution in [3.63, 3.8) is 0 Å². The predicted octanol–water partition coefficient (Wildman–Crippen LogP) is 3.51. The smallest absolute Gasteiger partial charge is 0.395 e. The van der Waals surface area contributed by atoms with Crippen molar-refractivity contribution in [2.24, 2.45) is 0 Å². The summed E-state index contributed by atoms with van der Waals surface area (Å²) in [6, 6.07) is 7.71. The second kappa shape index (κ2) is 5.23. The highest BCUT2D eigenvalue weighted by molar-refractivity contribution is 9.10. The fourth-order valence-electron chi connectivity index (χ4n) is 1.41. The van der Waals surface area contributed by atoms with Crippen molar-refractivity contribution in [1.82, 2.24) is 0 Å². The molecule has 6 nitrogen and oxygen atoms in total. The van der Waals surface area contributed by atoms with E-state index in [2.05, 4.69) is 21.2 Å². The maximum atomic E-state index is 11.8. The summed E-state index contributed by atoms with van der Waals surface area (Å²) < 4.78 is 5.67. The molecule has 7 heteroatoms. The summed E-state index contributed by atoms with van der Waals surface area (Å²) in [5.74, 6) is -1.11. The van der Waals surface area contributed by atoms with Crippen LogP contribution in [-0.2, 0) is 0 Å². The van der Waals surface area contributed by atoms with E-state index in [1.165, 1.54) is 6.07 Å². The molecule has 0 fully saturated rings. The molecule has 1 amide bonds. The van der Waals surface area contributed by atoms with Crippen LogP contribution < -0.4 is 5.32 Å². The lowest BCUT2D eigenvalue weighted by atomic mass is 10.2. The number of hydrogen-bond donors (Lipinski definition) is 1. The summed E-state index contributed by atoms with van der Waals surface area (Å²) in [6.07, 6.45) is 0. The van der Waals surface area contributed by atoms with Crippen LogP contribution in [0.1, 0.15) is 16.1 Å². The molecule has 0 saturated heterocycles. The zero-order chi connectivity index (χ0) is 14.0. The standard InChI is InChI=1S/C12H9BrN2O4/c1-7-2-3-8(6-9(7)13)14-12(16)10-4-5-11(19-10)15(17)18/h2-6H,1H3,(H,14,16). The number of carbonyl (C=O) groups excluding carboxylic acids is 1. The minimum absolute atomic E-state index is 0.108. The first-order valence-electron chi connectivity index (χ1n) is 5.29. The highest BCUT2D eigenvalue weighted by Crippen LogP contribution is 2.22. The Morgan fingerprint density at radius 3 is 2.68 bits per heavy atom. The first-order chi connectivity index (χ1) is 8.97. The van der Waals surface area contributed by atoms with Crippen LogP contribution in [0, 0.1) is 17.0 Å². The van der Waals surface area contributed by atoms with Gasteiger partial charge in [0.15, 0.2) is 5.76 Å². The van der Waals surface area contributed by atoms with Crippen molar-refractivity contribution in [3.8, 4) is 0 Å². The van der Waals surface area contributed by atoms with Gasteiger partial charge in [0.2, 0.25) is 0 Å². The lowest BCUT2D eigenvalue weighted by Crippen LogP contribution is -2.10. The van der Waals surface area contributed by atoms with Gasteiger partial charge in [-0.15, -0.1) is 0 Å². The summed E-state index contributed by atoms with van der Waals surface area (Å²) >= 11 is 3.35. The SMILES string of the molecule is Cc1ccc(NC(=O)c2ccc([N+](=O)[O-])o2)cc1Br. The van der Waals surface area contributed by atoms with Crippen molar-refractivity contribution in [2.75, 3.05) is 5.32 Å². The van der Waals surface area contributed by atoms with Crippen molar-refractivity contribution >= 4 is 33.4 Å². The van der Waals surface area contributed by atoms with Crippen LogP contribution in [0.25, 0.3) is 0 Å². The van der Waals surface area contributed by atoms with Gasteiger partial charge in [0.25, 0.3) is 5.91 Å². The topological polar surface area (TPSA) is 85.4 Å². The molecule has 0 aliphatic rings. The fourth-order valence-corrected chi connectivity index (χ4v) is 1.79. The number of anilines is 1. The Morgan fingerprint density at radius 1 is 1.37 bits per heavy atom. The van der Waals surface area contributed by atoms with E-state index in [1.807, 2.05) is 13.0 Å². The molecule has 0 saturated carbocycles. The highest BCUT2D eigenvalue weighted by atomic mass is 79.9. The largest absolute Gasteiger partial charge is 0.433 e. The van der Waals surface area contributed by atoms with Gasteiger partial charge < -0.3 is 9.73 Å². The van der Waals surface area contributed by atoms with Gasteiger partial charge in [0.05, 0.1) is 6.07 Å². The summed E-state index contributed by atoms with van der Waals surface area (Å²) in [6.45, 7) is 1.92. The lowest BCUT2D eigenvalue weighted by molar-refractivity contribution is -0.402. The predicted molar refractivity (Wildman–Crippen MR) is 72.2 cm³/mol. The number of furan rings is 1. The number of nitro groups is 1. The molecule has 0 unspecified atom stereocenters. The monoisotopic (exact) mass is 324 g/mol. The molecular formula is C12H9BrN2O4. The van der Waals surface area contributed by atoms with Gasteiger partial charge in [-0.05, 0) is 30.7 Å². The Bertz CT molecular complexity index is 651. The second-order valence-corrected chi connectivity index (χ2v) is 4.67. The number of amides is 1. The normalized spacial score (nSPS) is 10.2. The van der Waals surface area contributed by atoms with E-state index in [-0.39, 0.29) is 5.76 Å². The molecule has 0 radical (unpaired) electrons.